The molecule has 2 aromatic rings. The molecule has 3 atom stereocenters. The highest BCUT2D eigenvalue weighted by Gasteiger charge is 2.42. The average molecular weight is 464 g/mol. The zero-order valence-electron chi connectivity index (χ0n) is 18.4. The van der Waals surface area contributed by atoms with E-state index < -0.39 is 18.0 Å². The summed E-state index contributed by atoms with van der Waals surface area (Å²) in [7, 11) is 0. The van der Waals surface area contributed by atoms with Crippen molar-refractivity contribution in [2.75, 3.05) is 19.9 Å². The van der Waals surface area contributed by atoms with E-state index in [0.717, 1.165) is 22.6 Å². The van der Waals surface area contributed by atoms with E-state index in [9.17, 15) is 19.2 Å². The van der Waals surface area contributed by atoms with E-state index in [0.29, 0.717) is 31.1 Å². The molecule has 10 nitrogen and oxygen atoms in total. The van der Waals surface area contributed by atoms with Crippen LogP contribution in [0, 0.1) is 5.92 Å². The maximum absolute atomic E-state index is 13.1. The first-order valence-electron chi connectivity index (χ1n) is 11.4. The van der Waals surface area contributed by atoms with Gasteiger partial charge in [0.1, 0.15) is 6.04 Å². The summed E-state index contributed by atoms with van der Waals surface area (Å²) in [6.45, 7) is 1.89. The van der Waals surface area contributed by atoms with E-state index in [4.69, 9.17) is 9.47 Å². The summed E-state index contributed by atoms with van der Waals surface area (Å²) in [5, 5.41) is 2.66. The van der Waals surface area contributed by atoms with Crippen molar-refractivity contribution in [1.29, 1.82) is 0 Å². The molecule has 4 amide bonds. The molecular weight excluding hydrogens is 440 g/mol. The van der Waals surface area contributed by atoms with Crippen molar-refractivity contribution in [3.05, 3.63) is 58.0 Å². The Bertz CT molecular complexity index is 1260. The summed E-state index contributed by atoms with van der Waals surface area (Å²) >= 11 is 0. The molecule has 1 aromatic carbocycles. The van der Waals surface area contributed by atoms with E-state index in [1.807, 2.05) is 10.6 Å². The number of aromatic nitrogens is 1. The molecule has 176 valence electrons. The molecule has 0 spiro atoms. The van der Waals surface area contributed by atoms with Gasteiger partial charge in [-0.1, -0.05) is 12.1 Å². The topological polar surface area (TPSA) is 110 Å². The minimum atomic E-state index is -0.884. The van der Waals surface area contributed by atoms with Crippen LogP contribution in [0.25, 0.3) is 0 Å². The average Bonchev–Trinajstić information content (AvgIpc) is 3.39. The number of nitrogens with zero attached hydrogens (tertiary/aromatic N) is 3. The standard InChI is InChI=1S/C24H24N4O6/c29-21-3-1-2-18-16-6-15(11-27(18)21)9-26(12-16)22(30)8-17-23(31)28(24(32)25-17)10-14-4-5-19-20(7-14)34-13-33-19/h1-5,7,15-17H,6,8-13H2,(H,25,32)/t15-,16+,17+/m1/s1. The molecular formula is C24H24N4O6. The lowest BCUT2D eigenvalue weighted by molar-refractivity contribution is -0.137. The highest BCUT2D eigenvalue weighted by molar-refractivity contribution is 6.05. The molecule has 0 radical (unpaired) electrons. The number of rotatable bonds is 4. The normalized spacial score (nSPS) is 24.8. The Morgan fingerprint density at radius 2 is 1.88 bits per heavy atom. The van der Waals surface area contributed by atoms with Gasteiger partial charge in [-0.05, 0) is 36.1 Å². The van der Waals surface area contributed by atoms with Crippen molar-refractivity contribution in [3.63, 3.8) is 0 Å². The number of hydrogen-bond donors (Lipinski definition) is 1. The van der Waals surface area contributed by atoms with Crippen molar-refractivity contribution < 1.29 is 23.9 Å². The van der Waals surface area contributed by atoms with Crippen LogP contribution in [0.3, 0.4) is 0 Å². The van der Waals surface area contributed by atoms with E-state index in [2.05, 4.69) is 5.32 Å². The summed E-state index contributed by atoms with van der Waals surface area (Å²) in [6, 6.07) is 9.16. The first-order chi connectivity index (χ1) is 16.5. The van der Waals surface area contributed by atoms with E-state index in [1.165, 1.54) is 0 Å². The van der Waals surface area contributed by atoms with E-state index in [-0.39, 0.29) is 43.1 Å². The second kappa shape index (κ2) is 7.89. The third-order valence-electron chi connectivity index (χ3n) is 7.10. The zero-order valence-corrected chi connectivity index (χ0v) is 18.4. The minimum absolute atomic E-state index is 0.00575. The molecule has 2 fully saturated rings. The van der Waals surface area contributed by atoms with Crippen LogP contribution in [0.5, 0.6) is 11.5 Å². The number of likely N-dealkylation sites (tertiary alicyclic amines) is 1. The number of hydrogen-bond acceptors (Lipinski definition) is 6. The Balaban J connectivity index is 1.12. The van der Waals surface area contributed by atoms with Crippen LogP contribution >= 0.6 is 0 Å². The van der Waals surface area contributed by atoms with Crippen LogP contribution in [0.4, 0.5) is 4.79 Å². The summed E-state index contributed by atoms with van der Waals surface area (Å²) in [6.07, 6.45) is 0.860. The summed E-state index contributed by atoms with van der Waals surface area (Å²) in [5.41, 5.74) is 1.69. The number of piperidine rings is 1. The quantitative estimate of drug-likeness (QED) is 0.677. The van der Waals surface area contributed by atoms with Gasteiger partial charge in [-0.15, -0.1) is 0 Å². The van der Waals surface area contributed by atoms with Crippen LogP contribution < -0.4 is 20.3 Å². The second-order valence-electron chi connectivity index (χ2n) is 9.32. The predicted molar refractivity (Wildman–Crippen MR) is 118 cm³/mol. The molecule has 0 saturated carbocycles. The fourth-order valence-electron chi connectivity index (χ4n) is 5.49. The predicted octanol–water partition coefficient (Wildman–Crippen LogP) is 1.03. The maximum Gasteiger partial charge on any atom is 0.325 e. The van der Waals surface area contributed by atoms with Gasteiger partial charge in [0.15, 0.2) is 11.5 Å². The van der Waals surface area contributed by atoms with Crippen molar-refractivity contribution in [1.82, 2.24) is 19.7 Å². The first kappa shape index (κ1) is 20.8. The van der Waals surface area contributed by atoms with Gasteiger partial charge in [-0.3, -0.25) is 19.3 Å². The molecule has 0 unspecified atom stereocenters. The van der Waals surface area contributed by atoms with Crippen molar-refractivity contribution >= 4 is 17.8 Å². The van der Waals surface area contributed by atoms with E-state index in [1.54, 1.807) is 35.2 Å². The highest BCUT2D eigenvalue weighted by atomic mass is 16.7. The van der Waals surface area contributed by atoms with Gasteiger partial charge in [0.05, 0.1) is 13.0 Å². The molecule has 2 bridgehead atoms. The van der Waals surface area contributed by atoms with Crippen molar-refractivity contribution in [2.45, 2.75) is 37.9 Å². The molecule has 1 N–H and O–H groups in total. The Morgan fingerprint density at radius 1 is 1.03 bits per heavy atom. The molecule has 6 rings (SSSR count). The first-order valence-corrected chi connectivity index (χ1v) is 11.4. The zero-order chi connectivity index (χ0) is 23.4. The van der Waals surface area contributed by atoms with Gasteiger partial charge in [0, 0.05) is 37.3 Å². The SMILES string of the molecule is O=C(C[C@@H]1NC(=O)N(Cc2ccc3c(c2)OCO3)C1=O)N1C[C@H]2C[C@@H](C1)c1cccc(=O)n1C2. The molecule has 10 heteroatoms. The lowest BCUT2D eigenvalue weighted by atomic mass is 9.83. The number of amides is 4. The Hall–Kier alpha value is -3.82. The number of ether oxygens (including phenoxy) is 2. The number of nitrogens with one attached hydrogen (secondary N) is 1. The minimum Gasteiger partial charge on any atom is -0.454 e. The van der Waals surface area contributed by atoms with Crippen molar-refractivity contribution in [2.24, 2.45) is 5.92 Å². The largest absolute Gasteiger partial charge is 0.454 e. The monoisotopic (exact) mass is 464 g/mol. The molecule has 5 heterocycles. The number of carbonyl (C=O) groups excluding carboxylic acids is 3. The third-order valence-corrected chi connectivity index (χ3v) is 7.10. The van der Waals surface area contributed by atoms with E-state index >= 15 is 0 Å². The number of fused-ring (bicyclic) bond motifs is 5. The Kier molecular flexibility index (Phi) is 4.82. The summed E-state index contributed by atoms with van der Waals surface area (Å²) in [5.74, 6) is 0.933. The lowest BCUT2D eigenvalue weighted by Crippen LogP contribution is -2.50. The summed E-state index contributed by atoms with van der Waals surface area (Å²) in [4.78, 5) is 53.7. The van der Waals surface area contributed by atoms with Gasteiger partial charge < -0.3 is 24.3 Å². The van der Waals surface area contributed by atoms with Crippen LogP contribution in [0.2, 0.25) is 0 Å². The van der Waals surface area contributed by atoms with Crippen LogP contribution in [-0.2, 0) is 22.7 Å². The molecule has 4 aliphatic rings. The molecule has 2 saturated heterocycles. The number of imide groups is 1. The number of urea groups is 1. The fraction of sp³-hybridized carbons (Fsp3) is 0.417. The van der Waals surface area contributed by atoms with Gasteiger partial charge in [0.2, 0.25) is 12.7 Å². The number of carbonyl (C=O) groups is 3. The second-order valence-corrected chi connectivity index (χ2v) is 9.32. The smallest absolute Gasteiger partial charge is 0.325 e. The Labute approximate surface area is 195 Å². The van der Waals surface area contributed by atoms with Crippen LogP contribution in [0.15, 0.2) is 41.2 Å². The molecule has 0 aliphatic carbocycles. The highest BCUT2D eigenvalue weighted by Crippen LogP contribution is 2.36. The molecule has 1 aromatic heterocycles. The van der Waals surface area contributed by atoms with Crippen molar-refractivity contribution in [3.8, 4) is 11.5 Å². The van der Waals surface area contributed by atoms with Crippen LogP contribution in [-0.4, -0.2) is 58.1 Å². The fourth-order valence-corrected chi connectivity index (χ4v) is 5.49. The summed E-state index contributed by atoms with van der Waals surface area (Å²) < 4.78 is 12.5. The molecule has 34 heavy (non-hydrogen) atoms. The van der Waals surface area contributed by atoms with Crippen LogP contribution in [0.1, 0.15) is 30.0 Å². The molecule has 4 aliphatic heterocycles. The van der Waals surface area contributed by atoms with Gasteiger partial charge in [0.25, 0.3) is 11.5 Å². The maximum atomic E-state index is 13.1. The number of pyridine rings is 1. The van der Waals surface area contributed by atoms with Gasteiger partial charge in [-0.2, -0.15) is 0 Å². The number of benzene rings is 1. The third kappa shape index (κ3) is 3.49. The van der Waals surface area contributed by atoms with Gasteiger partial charge in [-0.25, -0.2) is 4.79 Å². The lowest BCUT2D eigenvalue weighted by Gasteiger charge is -2.43. The Morgan fingerprint density at radius 3 is 2.76 bits per heavy atom. The van der Waals surface area contributed by atoms with Gasteiger partial charge >= 0.3 is 6.03 Å².